The van der Waals surface area contributed by atoms with Crippen molar-refractivity contribution in [2.24, 2.45) is 11.7 Å². The van der Waals surface area contributed by atoms with Gasteiger partial charge in [0.2, 0.25) is 15.9 Å². The van der Waals surface area contributed by atoms with Gasteiger partial charge in [0.15, 0.2) is 12.2 Å². The van der Waals surface area contributed by atoms with E-state index in [4.69, 9.17) is 15.9 Å². The van der Waals surface area contributed by atoms with Crippen LogP contribution in [0.15, 0.2) is 47.4 Å². The lowest BCUT2D eigenvalue weighted by Gasteiger charge is -2.35. The number of nitrogens with two attached hydrogens (primary N) is 1. The number of likely N-dealkylation sites (tertiary alicyclic amines) is 1. The van der Waals surface area contributed by atoms with Crippen molar-refractivity contribution < 1.29 is 23.1 Å². The Hall–Kier alpha value is -2.73. The first-order valence-electron chi connectivity index (χ1n) is 11.9. The molecule has 0 aromatic heterocycles. The molecule has 192 valence electrons. The molecule has 0 aliphatic carbocycles. The van der Waals surface area contributed by atoms with Crippen molar-refractivity contribution in [3.05, 3.63) is 42.5 Å². The molecule has 3 rings (SSSR count). The van der Waals surface area contributed by atoms with E-state index in [9.17, 15) is 18.3 Å². The van der Waals surface area contributed by atoms with E-state index in [1.54, 1.807) is 17.0 Å². The summed E-state index contributed by atoms with van der Waals surface area (Å²) in [6.45, 7) is 3.39. The van der Waals surface area contributed by atoms with Gasteiger partial charge < -0.3 is 25.8 Å². The highest BCUT2D eigenvalue weighted by atomic mass is 32.2. The average Bonchev–Trinajstić information content (AvgIpc) is 2.85. The lowest BCUT2D eigenvalue weighted by molar-refractivity contribution is -0.149. The average molecular weight is 506 g/mol. The highest BCUT2D eigenvalue weighted by Gasteiger charge is 2.33. The van der Waals surface area contributed by atoms with Crippen LogP contribution in [0.1, 0.15) is 32.6 Å². The molecule has 1 fully saturated rings. The molecule has 0 bridgehead atoms. The molecule has 2 atom stereocenters. The topological polar surface area (TPSA) is 158 Å². The van der Waals surface area contributed by atoms with Gasteiger partial charge in [-0.3, -0.25) is 10.2 Å². The van der Waals surface area contributed by atoms with Gasteiger partial charge in [-0.25, -0.2) is 8.42 Å². The van der Waals surface area contributed by atoms with Gasteiger partial charge in [-0.15, -0.1) is 0 Å². The highest BCUT2D eigenvalue weighted by Crippen LogP contribution is 2.23. The molecule has 0 saturated carbocycles. The lowest BCUT2D eigenvalue weighted by atomic mass is 9.95. The summed E-state index contributed by atoms with van der Waals surface area (Å²) in [5, 5.41) is 21.8. The second-order valence-electron chi connectivity index (χ2n) is 8.67. The standard InChI is InChI=1S/C24H35N5O5S/c1-2-34-23(31)18-11-14-29(15-12-18)22(30)21(8-5-13-27-24(25)26)28-35(32,33)20-10-9-17-6-3-4-7-19(17)16-20/h3-4,6-7,9-10,16,18,21,23,28,31H,2,5,8,11-15H2,1H3,(H4,25,26,27)/t21-,23?/m0/s1. The van der Waals surface area contributed by atoms with E-state index in [2.05, 4.69) is 10.0 Å². The van der Waals surface area contributed by atoms with E-state index >= 15 is 0 Å². The van der Waals surface area contributed by atoms with Gasteiger partial charge in [0, 0.05) is 32.2 Å². The van der Waals surface area contributed by atoms with Crippen LogP contribution in [0.2, 0.25) is 0 Å². The summed E-state index contributed by atoms with van der Waals surface area (Å²) in [6, 6.07) is 11.4. The predicted molar refractivity (Wildman–Crippen MR) is 134 cm³/mol. The molecule has 0 spiro atoms. The van der Waals surface area contributed by atoms with Gasteiger partial charge in [-0.05, 0) is 55.5 Å². The molecule has 1 aliphatic heterocycles. The third kappa shape index (κ3) is 7.38. The molecule has 1 saturated heterocycles. The molecule has 10 nitrogen and oxygen atoms in total. The van der Waals surface area contributed by atoms with Crippen molar-refractivity contribution in [3.8, 4) is 0 Å². The van der Waals surface area contributed by atoms with E-state index < -0.39 is 22.4 Å². The van der Waals surface area contributed by atoms with Crippen molar-refractivity contribution in [1.29, 1.82) is 5.41 Å². The summed E-state index contributed by atoms with van der Waals surface area (Å²) >= 11 is 0. The number of nitrogens with zero attached hydrogens (tertiary/aromatic N) is 1. The van der Waals surface area contributed by atoms with E-state index in [0.717, 1.165) is 10.8 Å². The number of hydrogen-bond acceptors (Lipinski definition) is 6. The highest BCUT2D eigenvalue weighted by molar-refractivity contribution is 7.89. The molecule has 6 N–H and O–H groups in total. The number of carbonyl (C=O) groups excluding carboxylic acids is 1. The second kappa shape index (κ2) is 12.3. The molecule has 0 radical (unpaired) electrons. The molecule has 1 heterocycles. The normalized spacial score (nSPS) is 16.7. The number of amides is 1. The van der Waals surface area contributed by atoms with Crippen LogP contribution in [0.4, 0.5) is 0 Å². The first-order valence-corrected chi connectivity index (χ1v) is 13.4. The quantitative estimate of drug-likeness (QED) is 0.133. The molecule has 1 aliphatic rings. The molecular weight excluding hydrogens is 470 g/mol. The maximum absolute atomic E-state index is 13.4. The van der Waals surface area contributed by atoms with Crippen molar-refractivity contribution in [2.45, 2.75) is 49.8 Å². The van der Waals surface area contributed by atoms with Crippen molar-refractivity contribution in [2.75, 3.05) is 26.2 Å². The summed E-state index contributed by atoms with van der Waals surface area (Å²) in [7, 11) is -3.96. The fourth-order valence-corrected chi connectivity index (χ4v) is 5.54. The van der Waals surface area contributed by atoms with Crippen LogP contribution in [0.5, 0.6) is 0 Å². The number of carbonyl (C=O) groups is 1. The molecule has 11 heteroatoms. The van der Waals surface area contributed by atoms with Crippen molar-refractivity contribution in [1.82, 2.24) is 14.9 Å². The Labute approximate surface area is 206 Å². The number of piperidine rings is 1. The number of hydrogen-bond donors (Lipinski definition) is 5. The number of guanidine groups is 1. The van der Waals surface area contributed by atoms with Crippen LogP contribution < -0.4 is 15.8 Å². The fraction of sp³-hybridized carbons (Fsp3) is 0.500. The van der Waals surface area contributed by atoms with Gasteiger partial charge in [-0.1, -0.05) is 30.3 Å². The van der Waals surface area contributed by atoms with Gasteiger partial charge in [0.1, 0.15) is 6.04 Å². The second-order valence-corrected chi connectivity index (χ2v) is 10.4. The Morgan fingerprint density at radius 2 is 1.91 bits per heavy atom. The molecule has 35 heavy (non-hydrogen) atoms. The van der Waals surface area contributed by atoms with E-state index in [-0.39, 0.29) is 29.1 Å². The van der Waals surface area contributed by atoms with Gasteiger partial charge >= 0.3 is 0 Å². The zero-order chi connectivity index (χ0) is 25.4. The predicted octanol–water partition coefficient (Wildman–Crippen LogP) is 1.34. The number of aliphatic hydroxyl groups excluding tert-OH is 1. The number of fused-ring (bicyclic) bond motifs is 1. The molecule has 1 amide bonds. The summed E-state index contributed by atoms with van der Waals surface area (Å²) in [5.74, 6) is -0.549. The zero-order valence-corrected chi connectivity index (χ0v) is 20.8. The summed E-state index contributed by atoms with van der Waals surface area (Å²) in [4.78, 5) is 15.1. The minimum atomic E-state index is -3.96. The van der Waals surface area contributed by atoms with Gasteiger partial charge in [0.05, 0.1) is 4.90 Å². The molecule has 2 aromatic rings. The summed E-state index contributed by atoms with van der Waals surface area (Å²) in [5.41, 5.74) is 5.32. The number of nitrogens with one attached hydrogen (secondary N) is 3. The number of rotatable bonds is 11. The minimum Gasteiger partial charge on any atom is -0.370 e. The lowest BCUT2D eigenvalue weighted by Crippen LogP contribution is -2.51. The van der Waals surface area contributed by atoms with E-state index in [0.29, 0.717) is 45.5 Å². The molecular formula is C24H35N5O5S. The van der Waals surface area contributed by atoms with Crippen molar-refractivity contribution >= 4 is 32.7 Å². The van der Waals surface area contributed by atoms with Crippen molar-refractivity contribution in [3.63, 3.8) is 0 Å². The first kappa shape index (κ1) is 26.9. The monoisotopic (exact) mass is 505 g/mol. The number of benzene rings is 2. The summed E-state index contributed by atoms with van der Waals surface area (Å²) < 4.78 is 34.3. The van der Waals surface area contributed by atoms with Gasteiger partial charge in [0.25, 0.3) is 0 Å². The maximum Gasteiger partial charge on any atom is 0.241 e. The van der Waals surface area contributed by atoms with Crippen LogP contribution in [-0.2, 0) is 19.6 Å². The number of ether oxygens (including phenoxy) is 1. The Bertz CT molecular complexity index is 1120. The maximum atomic E-state index is 13.4. The Morgan fingerprint density at radius 3 is 2.57 bits per heavy atom. The van der Waals surface area contributed by atoms with E-state index in [1.165, 1.54) is 6.07 Å². The molecule has 1 unspecified atom stereocenters. The minimum absolute atomic E-state index is 0.0634. The van der Waals surface area contributed by atoms with Crippen LogP contribution in [-0.4, -0.2) is 68.9 Å². The zero-order valence-electron chi connectivity index (χ0n) is 19.9. The van der Waals surface area contributed by atoms with Crippen LogP contribution in [0, 0.1) is 11.3 Å². The SMILES string of the molecule is CCOC(O)C1CCN(C(=O)[C@H](CCCNC(=N)N)NS(=O)(=O)c2ccc3ccccc3c2)CC1. The van der Waals surface area contributed by atoms with Crippen LogP contribution in [0.3, 0.4) is 0 Å². The smallest absolute Gasteiger partial charge is 0.241 e. The van der Waals surface area contributed by atoms with Gasteiger partial charge in [-0.2, -0.15) is 4.72 Å². The first-order chi connectivity index (χ1) is 16.7. The number of sulfonamides is 1. The third-order valence-corrected chi connectivity index (χ3v) is 7.67. The Kier molecular flexibility index (Phi) is 9.44. The largest absolute Gasteiger partial charge is 0.370 e. The Morgan fingerprint density at radius 1 is 1.23 bits per heavy atom. The van der Waals surface area contributed by atoms with E-state index in [1.807, 2.05) is 31.2 Å². The van der Waals surface area contributed by atoms with Crippen LogP contribution >= 0.6 is 0 Å². The number of aliphatic hydroxyl groups is 1. The fourth-order valence-electron chi connectivity index (χ4n) is 4.28. The molecule has 2 aromatic carbocycles. The summed E-state index contributed by atoms with van der Waals surface area (Å²) in [6.07, 6.45) is 0.965. The third-order valence-electron chi connectivity index (χ3n) is 6.20. The Balaban J connectivity index is 1.73. The van der Waals surface area contributed by atoms with Crippen LogP contribution in [0.25, 0.3) is 10.8 Å².